The third kappa shape index (κ3) is 4.78. The van der Waals surface area contributed by atoms with Crippen LogP contribution in [0.25, 0.3) is 0 Å². The van der Waals surface area contributed by atoms with Gasteiger partial charge in [0.25, 0.3) is 0 Å². The Kier molecular flexibility index (Phi) is 6.34. The Labute approximate surface area is 139 Å². The molecule has 0 saturated carbocycles. The first kappa shape index (κ1) is 16.9. The van der Waals surface area contributed by atoms with E-state index in [0.717, 1.165) is 27.3 Å². The molecule has 0 amide bonds. The predicted molar refractivity (Wildman–Crippen MR) is 90.3 cm³/mol. The van der Waals surface area contributed by atoms with E-state index in [1.807, 2.05) is 45.0 Å². The molecule has 0 fully saturated rings. The first-order chi connectivity index (χ1) is 10.6. The Morgan fingerprint density at radius 3 is 2.68 bits per heavy atom. The van der Waals surface area contributed by atoms with Crippen molar-refractivity contribution < 1.29 is 13.9 Å². The Bertz CT molecular complexity index is 582. The van der Waals surface area contributed by atoms with Crippen molar-refractivity contribution in [3.05, 3.63) is 46.3 Å². The van der Waals surface area contributed by atoms with E-state index in [0.29, 0.717) is 19.7 Å². The molecule has 0 atom stereocenters. The average Bonchev–Trinajstić information content (AvgIpc) is 2.96. The summed E-state index contributed by atoms with van der Waals surface area (Å²) in [7, 11) is 0. The van der Waals surface area contributed by atoms with Crippen molar-refractivity contribution in [1.29, 1.82) is 0 Å². The van der Waals surface area contributed by atoms with Gasteiger partial charge in [-0.05, 0) is 50.6 Å². The summed E-state index contributed by atoms with van der Waals surface area (Å²) in [4.78, 5) is 0. The standard InChI is InChI=1S/C17H22BrNO3/c1-4-20-16-8-13(10-19-11-14-6-5-7-21-14)15(18)9-17(16)22-12(2)3/h5-9,12,19H,4,10-11H2,1-3H3. The van der Waals surface area contributed by atoms with Crippen molar-refractivity contribution in [2.45, 2.75) is 40.0 Å². The van der Waals surface area contributed by atoms with E-state index in [9.17, 15) is 0 Å². The molecular formula is C17H22BrNO3. The molecule has 1 aromatic heterocycles. The fourth-order valence-corrected chi connectivity index (χ4v) is 2.52. The SMILES string of the molecule is CCOc1cc(CNCc2ccco2)c(Br)cc1OC(C)C. The zero-order valence-electron chi connectivity index (χ0n) is 13.2. The van der Waals surface area contributed by atoms with Crippen molar-refractivity contribution in [2.24, 2.45) is 0 Å². The molecule has 0 aliphatic carbocycles. The molecule has 0 radical (unpaired) electrons. The van der Waals surface area contributed by atoms with Crippen LogP contribution < -0.4 is 14.8 Å². The fourth-order valence-electron chi connectivity index (χ4n) is 2.06. The Morgan fingerprint density at radius 2 is 2.05 bits per heavy atom. The minimum Gasteiger partial charge on any atom is -0.490 e. The molecule has 22 heavy (non-hydrogen) atoms. The topological polar surface area (TPSA) is 43.6 Å². The molecule has 1 N–H and O–H groups in total. The van der Waals surface area contributed by atoms with Crippen LogP contribution in [0.15, 0.2) is 39.4 Å². The highest BCUT2D eigenvalue weighted by Crippen LogP contribution is 2.34. The highest BCUT2D eigenvalue weighted by Gasteiger charge is 2.12. The highest BCUT2D eigenvalue weighted by molar-refractivity contribution is 9.10. The van der Waals surface area contributed by atoms with E-state index in [1.165, 1.54) is 0 Å². The summed E-state index contributed by atoms with van der Waals surface area (Å²) in [5, 5.41) is 3.35. The normalized spacial score (nSPS) is 11.0. The lowest BCUT2D eigenvalue weighted by molar-refractivity contribution is 0.223. The maximum atomic E-state index is 5.81. The largest absolute Gasteiger partial charge is 0.490 e. The first-order valence-electron chi connectivity index (χ1n) is 7.45. The zero-order chi connectivity index (χ0) is 15.9. The average molecular weight is 368 g/mol. The summed E-state index contributed by atoms with van der Waals surface area (Å²) in [6, 6.07) is 7.82. The van der Waals surface area contributed by atoms with Gasteiger partial charge < -0.3 is 19.2 Å². The number of ether oxygens (including phenoxy) is 2. The Morgan fingerprint density at radius 1 is 1.23 bits per heavy atom. The fraction of sp³-hybridized carbons (Fsp3) is 0.412. The van der Waals surface area contributed by atoms with E-state index in [4.69, 9.17) is 13.9 Å². The van der Waals surface area contributed by atoms with Gasteiger partial charge in [-0.25, -0.2) is 0 Å². The summed E-state index contributed by atoms with van der Waals surface area (Å²) in [5.41, 5.74) is 1.12. The number of halogens is 1. The predicted octanol–water partition coefficient (Wildman–Crippen LogP) is 4.52. The van der Waals surface area contributed by atoms with Crippen LogP contribution in [0, 0.1) is 0 Å². The van der Waals surface area contributed by atoms with E-state index >= 15 is 0 Å². The molecule has 2 aromatic rings. The molecule has 4 nitrogen and oxygen atoms in total. The van der Waals surface area contributed by atoms with Crippen LogP contribution >= 0.6 is 15.9 Å². The third-order valence-electron chi connectivity index (χ3n) is 2.97. The summed E-state index contributed by atoms with van der Waals surface area (Å²) in [6.07, 6.45) is 1.78. The summed E-state index contributed by atoms with van der Waals surface area (Å²) in [5.74, 6) is 2.45. The second kappa shape index (κ2) is 8.25. The summed E-state index contributed by atoms with van der Waals surface area (Å²) < 4.78 is 17.8. The molecular weight excluding hydrogens is 346 g/mol. The van der Waals surface area contributed by atoms with Crippen molar-refractivity contribution >= 4 is 15.9 Å². The van der Waals surface area contributed by atoms with Crippen LogP contribution in [0.1, 0.15) is 32.1 Å². The van der Waals surface area contributed by atoms with Gasteiger partial charge in [-0.15, -0.1) is 0 Å². The molecule has 0 bridgehead atoms. The number of rotatable bonds is 8. The molecule has 1 heterocycles. The van der Waals surface area contributed by atoms with Crippen LogP contribution in [-0.2, 0) is 13.1 Å². The van der Waals surface area contributed by atoms with Crippen LogP contribution in [-0.4, -0.2) is 12.7 Å². The van der Waals surface area contributed by atoms with E-state index in [1.54, 1.807) is 6.26 Å². The molecule has 1 aromatic carbocycles. The minimum absolute atomic E-state index is 0.106. The van der Waals surface area contributed by atoms with Gasteiger partial charge in [0.2, 0.25) is 0 Å². The van der Waals surface area contributed by atoms with Crippen LogP contribution in [0.4, 0.5) is 0 Å². The van der Waals surface area contributed by atoms with Gasteiger partial charge in [0, 0.05) is 11.0 Å². The lowest BCUT2D eigenvalue weighted by atomic mass is 10.2. The smallest absolute Gasteiger partial charge is 0.162 e. The number of benzene rings is 1. The van der Waals surface area contributed by atoms with E-state index in [2.05, 4.69) is 21.2 Å². The maximum Gasteiger partial charge on any atom is 0.162 e. The second-order valence-corrected chi connectivity index (χ2v) is 6.03. The number of hydrogen-bond acceptors (Lipinski definition) is 4. The van der Waals surface area contributed by atoms with E-state index < -0.39 is 0 Å². The van der Waals surface area contributed by atoms with Crippen molar-refractivity contribution in [3.8, 4) is 11.5 Å². The molecule has 5 heteroatoms. The van der Waals surface area contributed by atoms with Crippen molar-refractivity contribution in [1.82, 2.24) is 5.32 Å². The molecule has 120 valence electrons. The quantitative estimate of drug-likeness (QED) is 0.744. The van der Waals surface area contributed by atoms with Crippen molar-refractivity contribution in [2.75, 3.05) is 6.61 Å². The summed E-state index contributed by atoms with van der Waals surface area (Å²) >= 11 is 3.60. The minimum atomic E-state index is 0.106. The monoisotopic (exact) mass is 367 g/mol. The van der Waals surface area contributed by atoms with Gasteiger partial charge in [0.1, 0.15) is 5.76 Å². The lowest BCUT2D eigenvalue weighted by Crippen LogP contribution is -2.13. The molecule has 0 unspecified atom stereocenters. The first-order valence-corrected chi connectivity index (χ1v) is 8.24. The number of nitrogens with one attached hydrogen (secondary N) is 1. The second-order valence-electron chi connectivity index (χ2n) is 5.17. The number of hydrogen-bond donors (Lipinski definition) is 1. The van der Waals surface area contributed by atoms with Gasteiger partial charge in [0.05, 0.1) is 25.5 Å². The van der Waals surface area contributed by atoms with Gasteiger partial charge in [-0.2, -0.15) is 0 Å². The zero-order valence-corrected chi connectivity index (χ0v) is 14.8. The van der Waals surface area contributed by atoms with Gasteiger partial charge in [-0.3, -0.25) is 0 Å². The number of furan rings is 1. The molecule has 0 saturated heterocycles. The Balaban J connectivity index is 2.08. The molecule has 0 aliphatic heterocycles. The van der Waals surface area contributed by atoms with E-state index in [-0.39, 0.29) is 6.10 Å². The summed E-state index contributed by atoms with van der Waals surface area (Å²) in [6.45, 7) is 7.98. The third-order valence-corrected chi connectivity index (χ3v) is 3.71. The maximum absolute atomic E-state index is 5.81. The van der Waals surface area contributed by atoms with Gasteiger partial charge in [0.15, 0.2) is 11.5 Å². The highest BCUT2D eigenvalue weighted by atomic mass is 79.9. The van der Waals surface area contributed by atoms with Gasteiger partial charge in [-0.1, -0.05) is 15.9 Å². The molecule has 2 rings (SSSR count). The van der Waals surface area contributed by atoms with Gasteiger partial charge >= 0.3 is 0 Å². The molecule has 0 aliphatic rings. The van der Waals surface area contributed by atoms with Crippen LogP contribution in [0.5, 0.6) is 11.5 Å². The lowest BCUT2D eigenvalue weighted by Gasteiger charge is -2.17. The Hall–Kier alpha value is -1.46. The molecule has 0 spiro atoms. The van der Waals surface area contributed by atoms with Crippen LogP contribution in [0.2, 0.25) is 0 Å². The van der Waals surface area contributed by atoms with Crippen LogP contribution in [0.3, 0.4) is 0 Å². The van der Waals surface area contributed by atoms with Crippen molar-refractivity contribution in [3.63, 3.8) is 0 Å².